The van der Waals surface area contributed by atoms with E-state index in [2.05, 4.69) is 22.9 Å². The highest BCUT2D eigenvalue weighted by molar-refractivity contribution is 5.46. The van der Waals surface area contributed by atoms with Crippen molar-refractivity contribution in [2.24, 2.45) is 5.92 Å². The summed E-state index contributed by atoms with van der Waals surface area (Å²) < 4.78 is 0. The summed E-state index contributed by atoms with van der Waals surface area (Å²) in [5.41, 5.74) is 1.64. The zero-order valence-electron chi connectivity index (χ0n) is 10.6. The van der Waals surface area contributed by atoms with Gasteiger partial charge in [-0.25, -0.2) is 4.98 Å². The number of hydrogen-bond acceptors (Lipinski definition) is 3. The summed E-state index contributed by atoms with van der Waals surface area (Å²) in [6.07, 6.45) is 3.80. The van der Waals surface area contributed by atoms with E-state index in [4.69, 9.17) is 5.26 Å². The van der Waals surface area contributed by atoms with Crippen LogP contribution in [0.5, 0.6) is 0 Å². The third-order valence-corrected chi connectivity index (χ3v) is 3.06. The average molecular weight is 229 g/mol. The first-order chi connectivity index (χ1) is 8.22. The molecular weight excluding hydrogens is 210 g/mol. The molecule has 3 nitrogen and oxygen atoms in total. The number of rotatable bonds is 5. The first kappa shape index (κ1) is 11.9. The van der Waals surface area contributed by atoms with Gasteiger partial charge >= 0.3 is 0 Å². The summed E-state index contributed by atoms with van der Waals surface area (Å²) in [6, 6.07) is 5.95. The molecule has 1 saturated carbocycles. The molecule has 0 atom stereocenters. The van der Waals surface area contributed by atoms with Gasteiger partial charge < -0.3 is 4.90 Å². The Hall–Kier alpha value is -1.56. The second-order valence-corrected chi connectivity index (χ2v) is 4.86. The third kappa shape index (κ3) is 3.20. The fourth-order valence-corrected chi connectivity index (χ4v) is 2.06. The standard InChI is InChI=1S/C14H19N3/c1-3-6-17(10-12-4-5-12)14-8-13(9-15)7-11(2)16-14/h7-8,12H,3-6,10H2,1-2H3. The summed E-state index contributed by atoms with van der Waals surface area (Å²) in [5, 5.41) is 9.00. The van der Waals surface area contributed by atoms with Crippen molar-refractivity contribution in [1.82, 2.24) is 4.98 Å². The summed E-state index contributed by atoms with van der Waals surface area (Å²) >= 11 is 0. The average Bonchev–Trinajstić information content (AvgIpc) is 3.11. The first-order valence-corrected chi connectivity index (χ1v) is 6.36. The van der Waals surface area contributed by atoms with Crippen LogP contribution < -0.4 is 4.90 Å². The Labute approximate surface area is 103 Å². The molecule has 1 aromatic heterocycles. The number of nitrogens with zero attached hydrogens (tertiary/aromatic N) is 3. The summed E-state index contributed by atoms with van der Waals surface area (Å²) in [7, 11) is 0. The molecular formula is C14H19N3. The lowest BCUT2D eigenvalue weighted by atomic mass is 10.2. The number of aryl methyl sites for hydroxylation is 1. The van der Waals surface area contributed by atoms with E-state index in [0.717, 1.165) is 36.9 Å². The van der Waals surface area contributed by atoms with Gasteiger partial charge in [0.15, 0.2) is 0 Å². The van der Waals surface area contributed by atoms with Gasteiger partial charge in [-0.2, -0.15) is 5.26 Å². The van der Waals surface area contributed by atoms with Crippen molar-refractivity contribution in [2.45, 2.75) is 33.1 Å². The van der Waals surface area contributed by atoms with Crippen LogP contribution in [0.2, 0.25) is 0 Å². The van der Waals surface area contributed by atoms with Crippen LogP contribution in [0.15, 0.2) is 12.1 Å². The predicted octanol–water partition coefficient (Wildman–Crippen LogP) is 2.89. The van der Waals surface area contributed by atoms with Crippen LogP contribution in [-0.4, -0.2) is 18.1 Å². The van der Waals surface area contributed by atoms with Gasteiger partial charge in [0.2, 0.25) is 0 Å². The van der Waals surface area contributed by atoms with E-state index in [1.165, 1.54) is 12.8 Å². The summed E-state index contributed by atoms with van der Waals surface area (Å²) in [5.74, 6) is 1.81. The molecule has 0 radical (unpaired) electrons. The van der Waals surface area contributed by atoms with Crippen LogP contribution in [0.1, 0.15) is 37.4 Å². The van der Waals surface area contributed by atoms with E-state index in [0.29, 0.717) is 5.56 Å². The molecule has 1 aliphatic carbocycles. The predicted molar refractivity (Wildman–Crippen MR) is 68.9 cm³/mol. The smallest absolute Gasteiger partial charge is 0.130 e. The molecule has 90 valence electrons. The minimum absolute atomic E-state index is 0.712. The Balaban J connectivity index is 2.21. The Morgan fingerprint density at radius 3 is 2.82 bits per heavy atom. The number of nitriles is 1. The molecule has 0 saturated heterocycles. The molecule has 0 N–H and O–H groups in total. The highest BCUT2D eigenvalue weighted by atomic mass is 15.2. The van der Waals surface area contributed by atoms with Gasteiger partial charge in [-0.1, -0.05) is 6.92 Å². The van der Waals surface area contributed by atoms with E-state index in [9.17, 15) is 0 Å². The Kier molecular flexibility index (Phi) is 3.63. The number of anilines is 1. The fourth-order valence-electron chi connectivity index (χ4n) is 2.06. The molecule has 0 aromatic carbocycles. The third-order valence-electron chi connectivity index (χ3n) is 3.06. The van der Waals surface area contributed by atoms with Crippen molar-refractivity contribution in [2.75, 3.05) is 18.0 Å². The van der Waals surface area contributed by atoms with E-state index in [1.54, 1.807) is 0 Å². The first-order valence-electron chi connectivity index (χ1n) is 6.36. The van der Waals surface area contributed by atoms with Crippen LogP contribution >= 0.6 is 0 Å². The van der Waals surface area contributed by atoms with Gasteiger partial charge in [0.05, 0.1) is 11.6 Å². The van der Waals surface area contributed by atoms with Gasteiger partial charge in [-0.05, 0) is 44.2 Å². The SMILES string of the molecule is CCCN(CC1CC1)c1cc(C#N)cc(C)n1. The van der Waals surface area contributed by atoms with Crippen LogP contribution in [0, 0.1) is 24.2 Å². The lowest BCUT2D eigenvalue weighted by Crippen LogP contribution is -2.27. The van der Waals surface area contributed by atoms with E-state index >= 15 is 0 Å². The zero-order valence-corrected chi connectivity index (χ0v) is 10.6. The fraction of sp³-hybridized carbons (Fsp3) is 0.571. The van der Waals surface area contributed by atoms with Crippen molar-refractivity contribution in [3.8, 4) is 6.07 Å². The van der Waals surface area contributed by atoms with Crippen LogP contribution in [-0.2, 0) is 0 Å². The monoisotopic (exact) mass is 229 g/mol. The minimum atomic E-state index is 0.712. The van der Waals surface area contributed by atoms with Crippen LogP contribution in [0.3, 0.4) is 0 Å². The molecule has 1 aromatic rings. The maximum Gasteiger partial charge on any atom is 0.130 e. The minimum Gasteiger partial charge on any atom is -0.356 e. The Morgan fingerprint density at radius 1 is 1.47 bits per heavy atom. The normalized spacial score (nSPS) is 14.4. The molecule has 1 aliphatic rings. The molecule has 0 amide bonds. The van der Waals surface area contributed by atoms with Crippen LogP contribution in [0.25, 0.3) is 0 Å². The Morgan fingerprint density at radius 2 is 2.24 bits per heavy atom. The van der Waals surface area contributed by atoms with Crippen molar-refractivity contribution in [1.29, 1.82) is 5.26 Å². The molecule has 1 heterocycles. The van der Waals surface area contributed by atoms with Gasteiger partial charge in [-0.3, -0.25) is 0 Å². The highest BCUT2D eigenvalue weighted by Crippen LogP contribution is 2.31. The zero-order chi connectivity index (χ0) is 12.3. The number of pyridine rings is 1. The molecule has 17 heavy (non-hydrogen) atoms. The van der Waals surface area contributed by atoms with Crippen molar-refractivity contribution in [3.63, 3.8) is 0 Å². The molecule has 0 aliphatic heterocycles. The van der Waals surface area contributed by atoms with Crippen molar-refractivity contribution in [3.05, 3.63) is 23.4 Å². The quantitative estimate of drug-likeness (QED) is 0.779. The van der Waals surface area contributed by atoms with E-state index in [1.807, 2.05) is 19.1 Å². The number of aromatic nitrogens is 1. The van der Waals surface area contributed by atoms with E-state index < -0.39 is 0 Å². The Bertz CT molecular complexity index is 430. The van der Waals surface area contributed by atoms with Crippen molar-refractivity contribution >= 4 is 5.82 Å². The van der Waals surface area contributed by atoms with E-state index in [-0.39, 0.29) is 0 Å². The van der Waals surface area contributed by atoms with Gasteiger partial charge in [0.25, 0.3) is 0 Å². The molecule has 2 rings (SSSR count). The summed E-state index contributed by atoms with van der Waals surface area (Å²) in [6.45, 7) is 6.25. The van der Waals surface area contributed by atoms with Gasteiger partial charge in [-0.15, -0.1) is 0 Å². The second-order valence-electron chi connectivity index (χ2n) is 4.86. The maximum absolute atomic E-state index is 9.00. The lowest BCUT2D eigenvalue weighted by molar-refractivity contribution is 0.698. The second kappa shape index (κ2) is 5.18. The molecule has 1 fully saturated rings. The molecule has 0 spiro atoms. The molecule has 3 heteroatoms. The lowest BCUT2D eigenvalue weighted by Gasteiger charge is -2.23. The van der Waals surface area contributed by atoms with Gasteiger partial charge in [0, 0.05) is 18.8 Å². The molecule has 0 bridgehead atoms. The molecule has 0 unspecified atom stereocenters. The summed E-state index contributed by atoms with van der Waals surface area (Å²) in [4.78, 5) is 6.88. The maximum atomic E-state index is 9.00. The topological polar surface area (TPSA) is 39.9 Å². The highest BCUT2D eigenvalue weighted by Gasteiger charge is 2.24. The van der Waals surface area contributed by atoms with Crippen molar-refractivity contribution < 1.29 is 0 Å². The largest absolute Gasteiger partial charge is 0.356 e. The van der Waals surface area contributed by atoms with Gasteiger partial charge in [0.1, 0.15) is 5.82 Å². The van der Waals surface area contributed by atoms with Crippen LogP contribution in [0.4, 0.5) is 5.82 Å². The number of hydrogen-bond donors (Lipinski definition) is 0.